The zero-order valence-corrected chi connectivity index (χ0v) is 10.8. The van der Waals surface area contributed by atoms with Gasteiger partial charge in [-0.2, -0.15) is 0 Å². The van der Waals surface area contributed by atoms with Gasteiger partial charge >= 0.3 is 0 Å². The molecule has 0 N–H and O–H groups in total. The highest BCUT2D eigenvalue weighted by molar-refractivity contribution is 7.98. The molecule has 0 bridgehead atoms. The second kappa shape index (κ2) is 5.89. The number of ether oxygens (including phenoxy) is 1. The number of thioether (sulfide) groups is 1. The molecule has 17 heavy (non-hydrogen) atoms. The molecule has 0 saturated heterocycles. The van der Waals surface area contributed by atoms with Crippen molar-refractivity contribution in [2.45, 2.75) is 10.8 Å². The molecule has 0 aromatic carbocycles. The summed E-state index contributed by atoms with van der Waals surface area (Å²) in [5.41, 5.74) is 0.829. The minimum atomic E-state index is 0.583. The van der Waals surface area contributed by atoms with Gasteiger partial charge in [0.05, 0.1) is 22.9 Å². The highest BCUT2D eigenvalue weighted by Gasteiger charge is 2.09. The molecule has 0 aliphatic rings. The van der Waals surface area contributed by atoms with Gasteiger partial charge in [0, 0.05) is 18.1 Å². The van der Waals surface area contributed by atoms with E-state index in [2.05, 4.69) is 9.97 Å². The van der Waals surface area contributed by atoms with E-state index in [-0.39, 0.29) is 0 Å². The van der Waals surface area contributed by atoms with Crippen LogP contribution in [-0.4, -0.2) is 17.1 Å². The Labute approximate surface area is 109 Å². The Hall–Kier alpha value is -1.26. The van der Waals surface area contributed by atoms with Crippen molar-refractivity contribution in [1.82, 2.24) is 9.97 Å². The Balaban J connectivity index is 2.12. The predicted octanol–water partition coefficient (Wildman–Crippen LogP) is 3.43. The van der Waals surface area contributed by atoms with Crippen LogP contribution in [-0.2, 0) is 5.75 Å². The van der Waals surface area contributed by atoms with Gasteiger partial charge in [0.15, 0.2) is 5.75 Å². The van der Waals surface area contributed by atoms with E-state index in [9.17, 15) is 0 Å². The molecule has 0 spiro atoms. The fourth-order valence-corrected chi connectivity index (χ4v) is 2.40. The average Bonchev–Trinajstić information content (AvgIpc) is 2.37. The lowest BCUT2D eigenvalue weighted by atomic mass is 10.3. The number of methoxy groups -OCH3 is 1. The van der Waals surface area contributed by atoms with Crippen LogP contribution in [0, 0.1) is 0 Å². The number of aromatic nitrogens is 2. The van der Waals surface area contributed by atoms with Gasteiger partial charge in [-0.15, -0.1) is 0 Å². The molecule has 2 heterocycles. The molecule has 0 saturated carbocycles. The van der Waals surface area contributed by atoms with Gasteiger partial charge in [-0.3, -0.25) is 4.98 Å². The first-order chi connectivity index (χ1) is 8.31. The normalized spacial score (nSPS) is 10.2. The van der Waals surface area contributed by atoms with Crippen LogP contribution < -0.4 is 4.74 Å². The third kappa shape index (κ3) is 3.11. The molecule has 88 valence electrons. The van der Waals surface area contributed by atoms with Crippen LogP contribution in [0.15, 0.2) is 41.7 Å². The summed E-state index contributed by atoms with van der Waals surface area (Å²) in [7, 11) is 1.60. The third-order valence-corrected chi connectivity index (χ3v) is 3.38. The summed E-state index contributed by atoms with van der Waals surface area (Å²) in [6, 6.07) is 7.53. The summed E-state index contributed by atoms with van der Waals surface area (Å²) >= 11 is 7.62. The van der Waals surface area contributed by atoms with Crippen LogP contribution in [0.4, 0.5) is 0 Å². The maximum absolute atomic E-state index is 6.02. The molecule has 0 atom stereocenters. The minimum absolute atomic E-state index is 0.583. The number of pyridine rings is 2. The highest BCUT2D eigenvalue weighted by atomic mass is 35.5. The van der Waals surface area contributed by atoms with Crippen LogP contribution in [0.5, 0.6) is 5.75 Å². The smallest absolute Gasteiger partial charge is 0.159 e. The number of hydrogen-bond donors (Lipinski definition) is 0. The van der Waals surface area contributed by atoms with Crippen LogP contribution in [0.3, 0.4) is 0 Å². The van der Waals surface area contributed by atoms with E-state index >= 15 is 0 Å². The first-order valence-electron chi connectivity index (χ1n) is 5.02. The van der Waals surface area contributed by atoms with Crippen LogP contribution in [0.1, 0.15) is 5.69 Å². The first kappa shape index (κ1) is 12.2. The number of rotatable bonds is 4. The second-order valence-corrected chi connectivity index (χ2v) is 4.63. The largest absolute Gasteiger partial charge is 0.493 e. The molecule has 0 aliphatic carbocycles. The van der Waals surface area contributed by atoms with Crippen molar-refractivity contribution < 1.29 is 4.74 Å². The van der Waals surface area contributed by atoms with Crippen molar-refractivity contribution in [3.63, 3.8) is 0 Å². The van der Waals surface area contributed by atoms with Crippen molar-refractivity contribution in [2.24, 2.45) is 0 Å². The number of nitrogens with zero attached hydrogens (tertiary/aromatic N) is 2. The number of hydrogen-bond acceptors (Lipinski definition) is 4. The lowest BCUT2D eigenvalue weighted by molar-refractivity contribution is 0.409. The molecular formula is C12H11ClN2OS. The molecule has 2 aromatic rings. The molecule has 2 aromatic heterocycles. The Morgan fingerprint density at radius 3 is 2.82 bits per heavy atom. The third-order valence-electron chi connectivity index (χ3n) is 2.13. The zero-order valence-electron chi connectivity index (χ0n) is 9.26. The summed E-state index contributed by atoms with van der Waals surface area (Å²) in [5.74, 6) is 1.32. The summed E-state index contributed by atoms with van der Waals surface area (Å²) < 4.78 is 5.24. The summed E-state index contributed by atoms with van der Waals surface area (Å²) in [6.07, 6.45) is 3.45. The van der Waals surface area contributed by atoms with Gasteiger partial charge in [0.25, 0.3) is 0 Å². The van der Waals surface area contributed by atoms with E-state index in [4.69, 9.17) is 16.3 Å². The number of halogens is 1. The highest BCUT2D eigenvalue weighted by Crippen LogP contribution is 2.30. The van der Waals surface area contributed by atoms with Gasteiger partial charge in [-0.25, -0.2) is 4.98 Å². The minimum Gasteiger partial charge on any atom is -0.493 e. The lowest BCUT2D eigenvalue weighted by Crippen LogP contribution is -1.94. The summed E-state index contributed by atoms with van der Waals surface area (Å²) in [6.45, 7) is 0. The fraction of sp³-hybridized carbons (Fsp3) is 0.167. The lowest BCUT2D eigenvalue weighted by Gasteiger charge is -2.08. The van der Waals surface area contributed by atoms with Gasteiger partial charge < -0.3 is 4.74 Å². The van der Waals surface area contributed by atoms with Crippen molar-refractivity contribution >= 4 is 23.4 Å². The van der Waals surface area contributed by atoms with E-state index < -0.39 is 0 Å². The van der Waals surface area contributed by atoms with Crippen LogP contribution in [0.2, 0.25) is 5.02 Å². The Morgan fingerprint density at radius 1 is 1.24 bits per heavy atom. The quantitative estimate of drug-likeness (QED) is 0.794. The van der Waals surface area contributed by atoms with Crippen molar-refractivity contribution in [3.05, 3.63) is 47.4 Å². The van der Waals surface area contributed by atoms with Gasteiger partial charge in [0.1, 0.15) is 0 Å². The maximum Gasteiger partial charge on any atom is 0.159 e. The van der Waals surface area contributed by atoms with E-state index in [0.29, 0.717) is 16.5 Å². The van der Waals surface area contributed by atoms with Gasteiger partial charge in [-0.05, 0) is 18.2 Å². The van der Waals surface area contributed by atoms with E-state index in [1.807, 2.05) is 18.2 Å². The molecule has 0 fully saturated rings. The second-order valence-electron chi connectivity index (χ2n) is 3.23. The maximum atomic E-state index is 6.02. The zero-order chi connectivity index (χ0) is 12.1. The van der Waals surface area contributed by atoms with Crippen molar-refractivity contribution in [2.75, 3.05) is 7.11 Å². The van der Waals surface area contributed by atoms with Crippen LogP contribution in [0.25, 0.3) is 0 Å². The standard InChI is InChI=1S/C12H11ClN2OS/c1-16-12-9(13)5-7-14-10(12)8-17-11-4-2-3-6-15-11/h2-7H,8H2,1H3. The molecule has 0 aliphatic heterocycles. The van der Waals surface area contributed by atoms with Crippen LogP contribution >= 0.6 is 23.4 Å². The van der Waals surface area contributed by atoms with Gasteiger partial charge in [0.2, 0.25) is 0 Å². The topological polar surface area (TPSA) is 35.0 Å². The molecule has 0 radical (unpaired) electrons. The first-order valence-corrected chi connectivity index (χ1v) is 6.39. The molecule has 0 amide bonds. The molecule has 2 rings (SSSR count). The predicted molar refractivity (Wildman–Crippen MR) is 69.6 cm³/mol. The van der Waals surface area contributed by atoms with Gasteiger partial charge in [-0.1, -0.05) is 29.4 Å². The Kier molecular flexibility index (Phi) is 4.23. The molecule has 0 unspecified atom stereocenters. The summed E-state index contributed by atoms with van der Waals surface area (Å²) in [4.78, 5) is 8.50. The van der Waals surface area contributed by atoms with Crippen molar-refractivity contribution in [3.8, 4) is 5.75 Å². The Bertz CT molecular complexity index is 493. The summed E-state index contributed by atoms with van der Waals surface area (Å²) in [5, 5.41) is 1.54. The van der Waals surface area contributed by atoms with E-state index in [1.54, 1.807) is 37.3 Å². The van der Waals surface area contributed by atoms with Crippen molar-refractivity contribution in [1.29, 1.82) is 0 Å². The van der Waals surface area contributed by atoms with E-state index in [0.717, 1.165) is 10.7 Å². The van der Waals surface area contributed by atoms with E-state index in [1.165, 1.54) is 0 Å². The molecule has 5 heteroatoms. The molecular weight excluding hydrogens is 256 g/mol. The monoisotopic (exact) mass is 266 g/mol. The average molecular weight is 267 g/mol. The molecule has 3 nitrogen and oxygen atoms in total. The SMILES string of the molecule is COc1c(Cl)ccnc1CSc1ccccn1. The fourth-order valence-electron chi connectivity index (χ4n) is 1.36. The Morgan fingerprint density at radius 2 is 2.12 bits per heavy atom.